The lowest BCUT2D eigenvalue weighted by Gasteiger charge is -2.35. The van der Waals surface area contributed by atoms with Crippen LogP contribution in [0.5, 0.6) is 0 Å². The van der Waals surface area contributed by atoms with Gasteiger partial charge < -0.3 is 10.1 Å². The minimum atomic E-state index is -3.98. The van der Waals surface area contributed by atoms with Crippen LogP contribution in [0.3, 0.4) is 0 Å². The summed E-state index contributed by atoms with van der Waals surface area (Å²) in [5.41, 5.74) is 1.83. The van der Waals surface area contributed by atoms with Crippen LogP contribution in [0.1, 0.15) is 11.1 Å². The van der Waals surface area contributed by atoms with Gasteiger partial charge in [0.2, 0.25) is 15.9 Å². The highest BCUT2D eigenvalue weighted by Crippen LogP contribution is 2.29. The summed E-state index contributed by atoms with van der Waals surface area (Å²) < 4.78 is 46.6. The Bertz CT molecular complexity index is 1020. The van der Waals surface area contributed by atoms with Gasteiger partial charge in [0.25, 0.3) is 0 Å². The number of nitrogens with one attached hydrogen (secondary N) is 1. The molecule has 2 aromatic rings. The second-order valence-electron chi connectivity index (χ2n) is 7.74. The molecule has 0 saturated carbocycles. The van der Waals surface area contributed by atoms with Crippen molar-refractivity contribution in [3.05, 3.63) is 65.5 Å². The molecule has 2 aromatic carbocycles. The first-order valence-corrected chi connectivity index (χ1v) is 11.8. The Labute approximate surface area is 181 Å². The monoisotopic (exact) mass is 447 g/mol. The Morgan fingerprint density at radius 1 is 1.06 bits per heavy atom. The van der Waals surface area contributed by atoms with E-state index in [1.807, 2.05) is 24.3 Å². The topological polar surface area (TPSA) is 79.0 Å². The van der Waals surface area contributed by atoms with Crippen LogP contribution in [0.2, 0.25) is 0 Å². The van der Waals surface area contributed by atoms with E-state index in [4.69, 9.17) is 4.74 Å². The molecule has 0 unspecified atom stereocenters. The molecule has 1 saturated heterocycles. The first-order valence-electron chi connectivity index (χ1n) is 10.4. The smallest absolute Gasteiger partial charge is 0.244 e. The van der Waals surface area contributed by atoms with Gasteiger partial charge in [-0.25, -0.2) is 12.8 Å². The van der Waals surface area contributed by atoms with Crippen LogP contribution in [0.15, 0.2) is 53.4 Å². The highest BCUT2D eigenvalue weighted by Gasteiger charge is 2.39. The summed E-state index contributed by atoms with van der Waals surface area (Å²) >= 11 is 0. The average molecular weight is 448 g/mol. The van der Waals surface area contributed by atoms with Crippen LogP contribution >= 0.6 is 0 Å². The molecule has 1 fully saturated rings. The lowest BCUT2D eigenvalue weighted by atomic mass is 9.95. The van der Waals surface area contributed by atoms with Crippen molar-refractivity contribution in [2.24, 2.45) is 0 Å². The lowest BCUT2D eigenvalue weighted by Crippen LogP contribution is -2.53. The van der Waals surface area contributed by atoms with E-state index in [9.17, 15) is 17.6 Å². The maximum absolute atomic E-state index is 13.3. The number of halogens is 1. The third-order valence-corrected chi connectivity index (χ3v) is 7.63. The molecule has 2 aliphatic rings. The van der Waals surface area contributed by atoms with Gasteiger partial charge in [0.05, 0.1) is 18.1 Å². The SMILES string of the molecule is O=C(NCCN1CCOCC1)[C@@H]1Cc2ccccc2CN1S(=O)(=O)c1ccc(F)cc1. The Morgan fingerprint density at radius 3 is 2.45 bits per heavy atom. The molecule has 1 atom stereocenters. The molecule has 7 nitrogen and oxygen atoms in total. The number of hydrogen-bond acceptors (Lipinski definition) is 5. The summed E-state index contributed by atoms with van der Waals surface area (Å²) in [4.78, 5) is 15.2. The van der Waals surface area contributed by atoms with Crippen molar-refractivity contribution in [2.45, 2.75) is 23.9 Å². The second kappa shape index (κ2) is 9.44. The van der Waals surface area contributed by atoms with E-state index < -0.39 is 21.9 Å². The molecule has 1 amide bonds. The summed E-state index contributed by atoms with van der Waals surface area (Å²) in [5, 5.41) is 2.91. The van der Waals surface area contributed by atoms with Crippen LogP contribution in [-0.4, -0.2) is 69.0 Å². The zero-order valence-corrected chi connectivity index (χ0v) is 18.0. The van der Waals surface area contributed by atoms with Crippen molar-refractivity contribution < 1.29 is 22.3 Å². The number of rotatable bonds is 6. The molecule has 0 spiro atoms. The fraction of sp³-hybridized carbons (Fsp3) is 0.409. The first-order chi connectivity index (χ1) is 14.9. The third kappa shape index (κ3) is 4.95. The molecule has 31 heavy (non-hydrogen) atoms. The summed E-state index contributed by atoms with van der Waals surface area (Å²) in [5.74, 6) is -0.839. The van der Waals surface area contributed by atoms with Crippen molar-refractivity contribution >= 4 is 15.9 Å². The quantitative estimate of drug-likeness (QED) is 0.724. The molecular formula is C22H26FN3O4S. The van der Waals surface area contributed by atoms with E-state index in [1.165, 1.54) is 16.4 Å². The minimum Gasteiger partial charge on any atom is -0.379 e. The van der Waals surface area contributed by atoms with E-state index in [0.29, 0.717) is 32.7 Å². The van der Waals surface area contributed by atoms with E-state index in [0.717, 1.165) is 36.3 Å². The van der Waals surface area contributed by atoms with Crippen molar-refractivity contribution in [1.82, 2.24) is 14.5 Å². The fourth-order valence-corrected chi connectivity index (χ4v) is 5.56. The fourth-order valence-electron chi connectivity index (χ4n) is 4.00. The predicted octanol–water partition coefficient (Wildman–Crippen LogP) is 1.39. The van der Waals surface area contributed by atoms with Gasteiger partial charge in [0.1, 0.15) is 11.9 Å². The minimum absolute atomic E-state index is 0.0283. The lowest BCUT2D eigenvalue weighted by molar-refractivity contribution is -0.125. The van der Waals surface area contributed by atoms with Crippen molar-refractivity contribution in [3.8, 4) is 0 Å². The van der Waals surface area contributed by atoms with E-state index in [2.05, 4.69) is 10.2 Å². The number of carbonyl (C=O) groups is 1. The molecule has 0 bridgehead atoms. The number of hydrogen-bond donors (Lipinski definition) is 1. The van der Waals surface area contributed by atoms with Crippen LogP contribution in [0, 0.1) is 5.82 Å². The molecule has 4 rings (SSSR count). The van der Waals surface area contributed by atoms with Gasteiger partial charge in [-0.05, 0) is 41.8 Å². The van der Waals surface area contributed by atoms with Gasteiger partial charge in [-0.15, -0.1) is 0 Å². The van der Waals surface area contributed by atoms with Gasteiger partial charge in [-0.2, -0.15) is 4.31 Å². The van der Waals surface area contributed by atoms with Gasteiger partial charge in [0.15, 0.2) is 0 Å². The zero-order valence-electron chi connectivity index (χ0n) is 17.2. The van der Waals surface area contributed by atoms with Crippen molar-refractivity contribution in [2.75, 3.05) is 39.4 Å². The Morgan fingerprint density at radius 2 is 1.74 bits per heavy atom. The zero-order chi connectivity index (χ0) is 21.8. The van der Waals surface area contributed by atoms with Crippen LogP contribution < -0.4 is 5.32 Å². The molecule has 9 heteroatoms. The number of carbonyl (C=O) groups excluding carboxylic acids is 1. The summed E-state index contributed by atoms with van der Waals surface area (Å²) in [7, 11) is -3.98. The molecule has 1 N–H and O–H groups in total. The number of fused-ring (bicyclic) bond motifs is 1. The Hall–Kier alpha value is -2.33. The largest absolute Gasteiger partial charge is 0.379 e. The third-order valence-electron chi connectivity index (χ3n) is 5.76. The number of sulfonamides is 1. The molecule has 2 aliphatic heterocycles. The highest BCUT2D eigenvalue weighted by molar-refractivity contribution is 7.89. The number of ether oxygens (including phenoxy) is 1. The van der Waals surface area contributed by atoms with Crippen molar-refractivity contribution in [3.63, 3.8) is 0 Å². The number of morpholine rings is 1. The van der Waals surface area contributed by atoms with Gasteiger partial charge >= 0.3 is 0 Å². The van der Waals surface area contributed by atoms with E-state index in [-0.39, 0.29) is 17.3 Å². The molecule has 166 valence electrons. The molecule has 0 aliphatic carbocycles. The number of nitrogens with zero attached hydrogens (tertiary/aromatic N) is 2. The first kappa shape index (κ1) is 21.9. The van der Waals surface area contributed by atoms with Gasteiger partial charge in [-0.3, -0.25) is 9.69 Å². The summed E-state index contributed by atoms with van der Waals surface area (Å²) in [6.45, 7) is 4.20. The predicted molar refractivity (Wildman–Crippen MR) is 113 cm³/mol. The standard InChI is InChI=1S/C22H26FN3O4S/c23-19-5-7-20(8-6-19)31(28,29)26-16-18-4-2-1-3-17(18)15-21(26)22(27)24-9-10-25-11-13-30-14-12-25/h1-8,21H,9-16H2,(H,24,27)/t21-/m0/s1. The molecule has 2 heterocycles. The maximum Gasteiger partial charge on any atom is 0.244 e. The van der Waals surface area contributed by atoms with E-state index in [1.54, 1.807) is 0 Å². The molecular weight excluding hydrogens is 421 g/mol. The number of amides is 1. The van der Waals surface area contributed by atoms with Crippen LogP contribution in [0.4, 0.5) is 4.39 Å². The normalized spacial score (nSPS) is 20.2. The number of benzene rings is 2. The molecule has 0 aromatic heterocycles. The maximum atomic E-state index is 13.3. The van der Waals surface area contributed by atoms with E-state index >= 15 is 0 Å². The summed E-state index contributed by atoms with van der Waals surface area (Å²) in [6.07, 6.45) is 0.292. The Balaban J connectivity index is 1.54. The highest BCUT2D eigenvalue weighted by atomic mass is 32.2. The molecule has 0 radical (unpaired) electrons. The van der Waals surface area contributed by atoms with Gasteiger partial charge in [-0.1, -0.05) is 24.3 Å². The summed E-state index contributed by atoms with van der Waals surface area (Å²) in [6, 6.07) is 11.4. The Kier molecular flexibility index (Phi) is 6.66. The van der Waals surface area contributed by atoms with Crippen molar-refractivity contribution in [1.29, 1.82) is 0 Å². The van der Waals surface area contributed by atoms with Crippen LogP contribution in [0.25, 0.3) is 0 Å². The second-order valence-corrected chi connectivity index (χ2v) is 9.63. The van der Waals surface area contributed by atoms with Crippen LogP contribution in [-0.2, 0) is 32.5 Å². The van der Waals surface area contributed by atoms with Gasteiger partial charge in [0, 0.05) is 32.7 Å². The average Bonchev–Trinajstić information content (AvgIpc) is 2.79.